The highest BCUT2D eigenvalue weighted by molar-refractivity contribution is 5.93. The predicted molar refractivity (Wildman–Crippen MR) is 70.3 cm³/mol. The van der Waals surface area contributed by atoms with Crippen molar-refractivity contribution in [2.24, 2.45) is 5.92 Å². The zero-order chi connectivity index (χ0) is 15.8. The minimum atomic E-state index is -1.32. The molecule has 1 saturated heterocycles. The zero-order valence-corrected chi connectivity index (χ0v) is 12.1. The van der Waals surface area contributed by atoms with Crippen molar-refractivity contribution in [3.05, 3.63) is 18.2 Å². The molecule has 0 aliphatic carbocycles. The summed E-state index contributed by atoms with van der Waals surface area (Å²) in [6, 6.07) is -1.48. The molecule has 2 heterocycles. The zero-order valence-electron chi connectivity index (χ0n) is 12.1. The van der Waals surface area contributed by atoms with Crippen LogP contribution in [0.15, 0.2) is 12.4 Å². The van der Waals surface area contributed by atoms with Crippen LogP contribution < -0.4 is 9.59 Å². The Morgan fingerprint density at radius 3 is 2.52 bits per heavy atom. The first-order chi connectivity index (χ1) is 9.78. The van der Waals surface area contributed by atoms with Crippen LogP contribution in [0.25, 0.3) is 0 Å². The van der Waals surface area contributed by atoms with E-state index in [-0.39, 0.29) is 22.9 Å². The summed E-state index contributed by atoms with van der Waals surface area (Å²) < 4.78 is 12.7. The highest BCUT2D eigenvalue weighted by atomic mass is 19.1. The van der Waals surface area contributed by atoms with Gasteiger partial charge in [0.05, 0.1) is 24.9 Å². The summed E-state index contributed by atoms with van der Waals surface area (Å²) in [4.78, 5) is 32.7. The Morgan fingerprint density at radius 1 is 1.52 bits per heavy atom. The number of quaternary nitrogens is 1. The van der Waals surface area contributed by atoms with Crippen LogP contribution in [-0.4, -0.2) is 53.0 Å². The van der Waals surface area contributed by atoms with Gasteiger partial charge >= 0.3 is 12.0 Å². The molecular formula is C13H17FN4O3. The monoisotopic (exact) mass is 296 g/mol. The average Bonchev–Trinajstić information content (AvgIpc) is 2.65. The van der Waals surface area contributed by atoms with Crippen molar-refractivity contribution in [1.29, 1.82) is 0 Å². The number of aromatic nitrogens is 2. The summed E-state index contributed by atoms with van der Waals surface area (Å²) in [5.41, 5.74) is 0. The number of likely N-dealkylation sites (N-methyl/N-ethyl adjacent to an activating group) is 1. The van der Waals surface area contributed by atoms with Crippen LogP contribution in [0.1, 0.15) is 13.8 Å². The molecule has 114 valence electrons. The van der Waals surface area contributed by atoms with E-state index in [1.165, 1.54) is 7.05 Å². The molecule has 0 spiro atoms. The number of urea groups is 1. The maximum atomic E-state index is 13.0. The molecular weight excluding hydrogens is 279 g/mol. The van der Waals surface area contributed by atoms with Crippen LogP contribution in [0.5, 0.6) is 0 Å². The first-order valence-corrected chi connectivity index (χ1v) is 6.61. The van der Waals surface area contributed by atoms with Crippen molar-refractivity contribution >= 4 is 17.9 Å². The molecule has 0 aromatic carbocycles. The van der Waals surface area contributed by atoms with Crippen molar-refractivity contribution in [3.8, 4) is 0 Å². The van der Waals surface area contributed by atoms with Crippen LogP contribution in [0.2, 0.25) is 0 Å². The number of carboxylic acids is 1. The van der Waals surface area contributed by atoms with E-state index in [9.17, 15) is 19.1 Å². The number of halogens is 1. The first-order valence-electron chi connectivity index (χ1n) is 6.61. The Kier molecular flexibility index (Phi) is 3.91. The van der Waals surface area contributed by atoms with E-state index in [1.807, 2.05) is 13.8 Å². The lowest BCUT2D eigenvalue weighted by Crippen LogP contribution is -2.55. The number of aliphatic carboxylic acids is 1. The van der Waals surface area contributed by atoms with Gasteiger partial charge in [0.2, 0.25) is 0 Å². The van der Waals surface area contributed by atoms with Gasteiger partial charge in [-0.2, -0.15) is 14.5 Å². The fraction of sp³-hybridized carbons (Fsp3) is 0.538. The van der Waals surface area contributed by atoms with E-state index in [0.717, 1.165) is 17.3 Å². The maximum absolute atomic E-state index is 13.0. The highest BCUT2D eigenvalue weighted by Crippen LogP contribution is 2.30. The van der Waals surface area contributed by atoms with E-state index >= 15 is 0 Å². The van der Waals surface area contributed by atoms with Gasteiger partial charge in [-0.15, -0.1) is 0 Å². The summed E-state index contributed by atoms with van der Waals surface area (Å²) in [6.07, 6.45) is 1.95. The normalized spacial score (nSPS) is 25.7. The van der Waals surface area contributed by atoms with Crippen molar-refractivity contribution < 1.29 is 19.1 Å². The van der Waals surface area contributed by atoms with Crippen molar-refractivity contribution in [3.63, 3.8) is 0 Å². The van der Waals surface area contributed by atoms with Crippen LogP contribution in [0.4, 0.5) is 15.1 Å². The van der Waals surface area contributed by atoms with Crippen LogP contribution in [-0.2, 0) is 4.79 Å². The van der Waals surface area contributed by atoms with Gasteiger partial charge in [0.1, 0.15) is 12.6 Å². The van der Waals surface area contributed by atoms with E-state index in [4.69, 9.17) is 0 Å². The van der Waals surface area contributed by atoms with Crippen LogP contribution >= 0.6 is 0 Å². The number of hydrogen-bond donors (Lipinski definition) is 0. The molecule has 0 radical (unpaired) electrons. The number of nitrogens with zero attached hydrogens (tertiary/aromatic N) is 4. The summed E-state index contributed by atoms with van der Waals surface area (Å²) in [5, 5.41) is 11.2. The Labute approximate surface area is 121 Å². The number of carboxylic acid groups (broad SMARTS) is 1. The molecule has 2 atom stereocenters. The fourth-order valence-electron chi connectivity index (χ4n) is 2.72. The summed E-state index contributed by atoms with van der Waals surface area (Å²) in [7, 11) is 1.41. The molecule has 8 heteroatoms. The van der Waals surface area contributed by atoms with Gasteiger partial charge in [-0.3, -0.25) is 4.90 Å². The van der Waals surface area contributed by atoms with Gasteiger partial charge in [-0.05, 0) is 0 Å². The number of amides is 2. The van der Waals surface area contributed by atoms with Gasteiger partial charge < -0.3 is 9.90 Å². The van der Waals surface area contributed by atoms with Crippen molar-refractivity contribution in [2.45, 2.75) is 19.9 Å². The molecule has 2 amide bonds. The van der Waals surface area contributed by atoms with Gasteiger partial charge in [-0.25, -0.2) is 9.18 Å². The molecule has 1 fully saturated rings. The Balaban J connectivity index is 2.50. The molecule has 2 rings (SSSR count). The van der Waals surface area contributed by atoms with E-state index in [0.29, 0.717) is 6.54 Å². The lowest BCUT2D eigenvalue weighted by Gasteiger charge is -2.28. The lowest BCUT2D eigenvalue weighted by atomic mass is 10.1. The Morgan fingerprint density at radius 2 is 2.10 bits per heavy atom. The minimum absolute atomic E-state index is 0.0263. The largest absolute Gasteiger partial charge is 0.548 e. The third-order valence-corrected chi connectivity index (χ3v) is 3.56. The molecule has 1 aliphatic rings. The number of carbonyl (C=O) groups is 2. The van der Waals surface area contributed by atoms with Gasteiger partial charge in [0, 0.05) is 13.0 Å². The second-order valence-corrected chi connectivity index (χ2v) is 5.66. The molecule has 0 bridgehead atoms. The second kappa shape index (κ2) is 5.36. The average molecular weight is 296 g/mol. The molecule has 1 aromatic rings. The van der Waals surface area contributed by atoms with E-state index in [2.05, 4.69) is 9.97 Å². The third kappa shape index (κ3) is 2.58. The molecule has 2 unspecified atom stereocenters. The van der Waals surface area contributed by atoms with E-state index in [1.54, 1.807) is 0 Å². The second-order valence-electron chi connectivity index (χ2n) is 5.66. The fourth-order valence-corrected chi connectivity index (χ4v) is 2.72. The van der Waals surface area contributed by atoms with Crippen molar-refractivity contribution in [2.75, 3.05) is 20.1 Å². The molecule has 21 heavy (non-hydrogen) atoms. The SMILES string of the molecule is CC(C)C[N+]1(c2ncc(F)cn2)CC(C(=O)[O-])N(C)C1=O. The number of rotatable bonds is 4. The Bertz CT molecular complexity index is 563. The Hall–Kier alpha value is -2.09. The first kappa shape index (κ1) is 15.3. The molecule has 0 saturated carbocycles. The molecule has 1 aliphatic heterocycles. The third-order valence-electron chi connectivity index (χ3n) is 3.56. The molecule has 7 nitrogen and oxygen atoms in total. The molecule has 0 N–H and O–H groups in total. The van der Waals surface area contributed by atoms with Crippen LogP contribution in [0.3, 0.4) is 0 Å². The smallest absolute Gasteiger partial charge is 0.427 e. The van der Waals surface area contributed by atoms with Crippen LogP contribution in [0, 0.1) is 11.7 Å². The topological polar surface area (TPSA) is 86.2 Å². The minimum Gasteiger partial charge on any atom is -0.548 e. The van der Waals surface area contributed by atoms with Gasteiger partial charge in [0.25, 0.3) is 0 Å². The quantitative estimate of drug-likeness (QED) is 0.716. The van der Waals surface area contributed by atoms with E-state index < -0.39 is 23.9 Å². The predicted octanol–water partition coefficient (Wildman–Crippen LogP) is -0.237. The number of hydrogen-bond acceptors (Lipinski definition) is 5. The van der Waals surface area contributed by atoms with Gasteiger partial charge in [0.15, 0.2) is 5.82 Å². The number of carbonyl (C=O) groups excluding carboxylic acids is 2. The highest BCUT2D eigenvalue weighted by Gasteiger charge is 2.55. The standard InChI is InChI=1S/C13H17FN4O3/c1-8(2)6-18(12-15-4-9(14)5-16-12)7-10(11(19)20)17(3)13(18)21/h4-5,8,10H,6-7H2,1-3H3. The van der Waals surface area contributed by atoms with Gasteiger partial charge in [-0.1, -0.05) is 13.8 Å². The summed E-state index contributed by atoms with van der Waals surface area (Å²) >= 11 is 0. The molecule has 1 aromatic heterocycles. The summed E-state index contributed by atoms with van der Waals surface area (Å²) in [5.74, 6) is -1.74. The lowest BCUT2D eigenvalue weighted by molar-refractivity contribution is -0.309. The van der Waals surface area contributed by atoms with Crippen molar-refractivity contribution in [1.82, 2.24) is 19.4 Å². The maximum Gasteiger partial charge on any atom is 0.427 e. The summed E-state index contributed by atoms with van der Waals surface area (Å²) in [6.45, 7) is 4.12.